The monoisotopic (exact) mass is 987 g/mol. The predicted molar refractivity (Wildman–Crippen MR) is 293 cm³/mol. The molecule has 0 saturated carbocycles. The Hall–Kier alpha value is -4.80. The summed E-state index contributed by atoms with van der Waals surface area (Å²) in [4.78, 5) is 15.6. The van der Waals surface area contributed by atoms with Crippen LogP contribution in [0.1, 0.15) is 163 Å². The van der Waals surface area contributed by atoms with Gasteiger partial charge in [0.25, 0.3) is 0 Å². The minimum absolute atomic E-state index is 0.494. The summed E-state index contributed by atoms with van der Waals surface area (Å²) in [5.74, 6) is 4.73. The van der Waals surface area contributed by atoms with Crippen LogP contribution in [0, 0.1) is 27.7 Å². The lowest BCUT2D eigenvalue weighted by molar-refractivity contribution is 0.173. The van der Waals surface area contributed by atoms with Crippen LogP contribution in [0.25, 0.3) is 54.4 Å². The summed E-state index contributed by atoms with van der Waals surface area (Å²) < 4.78 is 38.5. The van der Waals surface area contributed by atoms with Gasteiger partial charge in [-0.1, -0.05) is 154 Å². The normalized spacial score (nSPS) is 13.1. The summed E-state index contributed by atoms with van der Waals surface area (Å²) in [5.41, 5.74) is 9.41. The molecule has 0 unspecified atom stereocenters. The van der Waals surface area contributed by atoms with Crippen LogP contribution in [-0.2, 0) is 0 Å². The van der Waals surface area contributed by atoms with Crippen LogP contribution < -0.4 is 28.4 Å². The van der Waals surface area contributed by atoms with Gasteiger partial charge in [0.15, 0.2) is 34.5 Å². The van der Waals surface area contributed by atoms with E-state index in [2.05, 4.69) is 90.1 Å². The van der Waals surface area contributed by atoms with Gasteiger partial charge >= 0.3 is 0 Å². The third-order valence-corrected chi connectivity index (χ3v) is 16.1. The van der Waals surface area contributed by atoms with Gasteiger partial charge in [-0.3, -0.25) is 0 Å². The molecule has 6 aromatic rings. The van der Waals surface area contributed by atoms with Crippen LogP contribution in [0.15, 0.2) is 48.5 Å². The summed E-state index contributed by atoms with van der Waals surface area (Å²) >= 11 is 3.36. The molecule has 0 aliphatic carbocycles. The number of hydrogen-bond donors (Lipinski definition) is 0. The zero-order valence-electron chi connectivity index (χ0n) is 43.2. The second kappa shape index (κ2) is 26.1. The molecule has 2 aliphatic heterocycles. The van der Waals surface area contributed by atoms with Crippen LogP contribution in [0.2, 0.25) is 0 Å². The molecule has 0 spiro atoms. The zero-order chi connectivity index (χ0) is 48.7. The molecule has 5 heterocycles. The molecular weight excluding hydrogens is 909 g/mol. The quantitative estimate of drug-likeness (QED) is 0.0450. The highest BCUT2D eigenvalue weighted by atomic mass is 32.1. The van der Waals surface area contributed by atoms with Gasteiger partial charge in [-0.2, -0.15) is 0 Å². The first-order valence-corrected chi connectivity index (χ1v) is 28.6. The van der Waals surface area contributed by atoms with Crippen LogP contribution >= 0.6 is 22.7 Å². The Balaban J connectivity index is 1.16. The topological polar surface area (TPSA) is 81.2 Å². The summed E-state index contributed by atoms with van der Waals surface area (Å²) in [6.45, 7) is 16.4. The fourth-order valence-electron chi connectivity index (χ4n) is 9.77. The Morgan fingerprint density at radius 2 is 0.829 bits per heavy atom. The summed E-state index contributed by atoms with van der Waals surface area (Å²) in [7, 11) is 0. The Morgan fingerprint density at radius 3 is 1.29 bits per heavy atom. The maximum atomic E-state index is 6.75. The van der Waals surface area contributed by atoms with Crippen molar-refractivity contribution in [3.05, 3.63) is 69.4 Å². The van der Waals surface area contributed by atoms with Gasteiger partial charge in [0.1, 0.15) is 26.4 Å². The number of ether oxygens (including phenoxy) is 6. The summed E-state index contributed by atoms with van der Waals surface area (Å²) in [6.07, 6.45) is 25.6. The summed E-state index contributed by atoms with van der Waals surface area (Å²) in [5, 5.41) is 0. The van der Waals surface area contributed by atoms with Crippen molar-refractivity contribution in [3.63, 3.8) is 0 Å². The molecule has 3 aromatic carbocycles. The van der Waals surface area contributed by atoms with E-state index in [0.29, 0.717) is 39.6 Å². The largest absolute Gasteiger partial charge is 0.490 e. The third kappa shape index (κ3) is 12.8. The molecule has 0 saturated heterocycles. The van der Waals surface area contributed by atoms with Gasteiger partial charge in [-0.25, -0.2) is 9.97 Å². The minimum atomic E-state index is 0.494. The van der Waals surface area contributed by atoms with E-state index in [9.17, 15) is 0 Å². The molecule has 70 heavy (non-hydrogen) atoms. The molecule has 8 rings (SSSR count). The van der Waals surface area contributed by atoms with Crippen LogP contribution in [0.5, 0.6) is 34.5 Å². The first-order valence-electron chi connectivity index (χ1n) is 27.0. The molecule has 0 radical (unpaired) electrons. The number of aryl methyl sites for hydroxylation is 4. The minimum Gasteiger partial charge on any atom is -0.490 e. The smallest absolute Gasteiger partial charge is 0.180 e. The van der Waals surface area contributed by atoms with E-state index in [-0.39, 0.29) is 0 Å². The molecule has 2 aliphatic rings. The van der Waals surface area contributed by atoms with Gasteiger partial charge in [0.05, 0.1) is 45.4 Å². The molecule has 0 atom stereocenters. The van der Waals surface area contributed by atoms with Crippen molar-refractivity contribution in [2.45, 2.75) is 170 Å². The number of nitrogens with zero attached hydrogens (tertiary/aromatic N) is 2. The average Bonchev–Trinajstić information content (AvgIpc) is 3.90. The Morgan fingerprint density at radius 1 is 0.429 bits per heavy atom. The predicted octanol–water partition coefficient (Wildman–Crippen LogP) is 17.8. The molecule has 3 aromatic heterocycles. The molecule has 10 heteroatoms. The van der Waals surface area contributed by atoms with Crippen molar-refractivity contribution in [1.29, 1.82) is 0 Å². The van der Waals surface area contributed by atoms with Crippen molar-refractivity contribution in [3.8, 4) is 77.9 Å². The number of fused-ring (bicyclic) bond motifs is 3. The molecule has 0 amide bonds. The van der Waals surface area contributed by atoms with Gasteiger partial charge < -0.3 is 28.4 Å². The number of thiophene rings is 2. The highest BCUT2D eigenvalue weighted by Gasteiger charge is 2.30. The van der Waals surface area contributed by atoms with E-state index < -0.39 is 0 Å². The molecule has 0 bridgehead atoms. The van der Waals surface area contributed by atoms with Crippen LogP contribution in [-0.4, -0.2) is 49.6 Å². The Kier molecular flexibility index (Phi) is 19.2. The maximum absolute atomic E-state index is 6.75. The first kappa shape index (κ1) is 51.6. The van der Waals surface area contributed by atoms with Gasteiger partial charge in [-0.15, -0.1) is 22.7 Å². The lowest BCUT2D eigenvalue weighted by atomic mass is 9.98. The SMILES string of the molecule is CCCCCCCCCCCCOc1ccc(-c2nc3c(-c4sc(C)c5c4OCCO5)ccc(-c4sc(C)c5c4OCCO5)c3nc2-c2ccc(C)c(C)c2)cc1OCCCCCCCCCCCC. The van der Waals surface area contributed by atoms with E-state index in [0.717, 1.165) is 118 Å². The number of unbranched alkanes of at least 4 members (excludes halogenated alkanes) is 18. The first-order chi connectivity index (χ1) is 34.4. The van der Waals surface area contributed by atoms with E-state index in [1.165, 1.54) is 120 Å². The molecule has 0 fully saturated rings. The Labute approximate surface area is 426 Å². The second-order valence-electron chi connectivity index (χ2n) is 19.5. The van der Waals surface area contributed by atoms with Gasteiger partial charge in [0, 0.05) is 32.0 Å². The van der Waals surface area contributed by atoms with E-state index >= 15 is 0 Å². The van der Waals surface area contributed by atoms with E-state index in [1.807, 2.05) is 0 Å². The number of rotatable bonds is 28. The molecular formula is C60H78N2O6S2. The summed E-state index contributed by atoms with van der Waals surface area (Å²) in [6, 6.07) is 17.3. The van der Waals surface area contributed by atoms with Crippen molar-refractivity contribution in [2.24, 2.45) is 0 Å². The van der Waals surface area contributed by atoms with Crippen molar-refractivity contribution < 1.29 is 28.4 Å². The van der Waals surface area contributed by atoms with Crippen LogP contribution in [0.4, 0.5) is 0 Å². The third-order valence-electron chi connectivity index (χ3n) is 13.9. The standard InChI is InChI=1S/C60H78N2O6S2/c1-7-9-11-13-15-17-19-21-23-25-33-63-49-32-29-46(40-50(49)64-34-26-24-22-20-18-16-14-12-10-8-2)52-51(45-28-27-41(3)42(4)39-45)61-53-47(59-57-55(43(5)69-59)65-35-37-67-57)30-31-48(54(53)62-52)60-58-56(44(6)70-60)66-36-38-68-58/h27-32,39-40H,7-26,33-38H2,1-6H3. The lowest BCUT2D eigenvalue weighted by Gasteiger charge is -2.20. The van der Waals surface area contributed by atoms with Crippen molar-refractivity contribution in [2.75, 3.05) is 39.6 Å². The zero-order valence-corrected chi connectivity index (χ0v) is 44.8. The number of hydrogen-bond acceptors (Lipinski definition) is 10. The Bertz CT molecular complexity index is 2630. The number of benzene rings is 3. The van der Waals surface area contributed by atoms with E-state index in [1.54, 1.807) is 22.7 Å². The second-order valence-corrected chi connectivity index (χ2v) is 21.9. The fraction of sp³-hybridized carbons (Fsp3) is 0.533. The van der Waals surface area contributed by atoms with Crippen molar-refractivity contribution in [1.82, 2.24) is 9.97 Å². The van der Waals surface area contributed by atoms with Gasteiger partial charge in [-0.05, 0) is 75.9 Å². The lowest BCUT2D eigenvalue weighted by Crippen LogP contribution is -2.15. The molecule has 376 valence electrons. The maximum Gasteiger partial charge on any atom is 0.180 e. The molecule has 8 nitrogen and oxygen atoms in total. The van der Waals surface area contributed by atoms with Gasteiger partial charge in [0.2, 0.25) is 0 Å². The van der Waals surface area contributed by atoms with Crippen LogP contribution in [0.3, 0.4) is 0 Å². The van der Waals surface area contributed by atoms with Crippen molar-refractivity contribution >= 4 is 33.7 Å². The highest BCUT2D eigenvalue weighted by Crippen LogP contribution is 2.54. The molecule has 0 N–H and O–H groups in total. The average molecular weight is 987 g/mol. The highest BCUT2D eigenvalue weighted by molar-refractivity contribution is 7.16. The number of aromatic nitrogens is 2. The fourth-order valence-corrected chi connectivity index (χ4v) is 11.9. The van der Waals surface area contributed by atoms with E-state index in [4.69, 9.17) is 38.4 Å².